The van der Waals surface area contributed by atoms with Gasteiger partial charge in [-0.1, -0.05) is 23.7 Å². The number of halogens is 2. The molecule has 0 unspecified atom stereocenters. The van der Waals surface area contributed by atoms with Crippen LogP contribution in [0.2, 0.25) is 5.02 Å². The van der Waals surface area contributed by atoms with Crippen molar-refractivity contribution in [2.75, 3.05) is 20.8 Å². The van der Waals surface area contributed by atoms with Crippen LogP contribution in [-0.4, -0.2) is 45.6 Å². The van der Waals surface area contributed by atoms with Crippen LogP contribution < -0.4 is 14.9 Å². The van der Waals surface area contributed by atoms with E-state index in [1.54, 1.807) is 18.2 Å². The maximum absolute atomic E-state index is 13.3. The first kappa shape index (κ1) is 26.1. The summed E-state index contributed by atoms with van der Waals surface area (Å²) < 4.78 is 51.2. The Labute approximate surface area is 208 Å². The predicted molar refractivity (Wildman–Crippen MR) is 131 cm³/mol. The van der Waals surface area contributed by atoms with Gasteiger partial charge in [0.05, 0.1) is 31.9 Å². The highest BCUT2D eigenvalue weighted by Crippen LogP contribution is 2.23. The lowest BCUT2D eigenvalue weighted by molar-refractivity contribution is -0.121. The minimum absolute atomic E-state index is 0.0386. The van der Waals surface area contributed by atoms with Gasteiger partial charge in [0.1, 0.15) is 17.3 Å². The van der Waals surface area contributed by atoms with Gasteiger partial charge in [0.2, 0.25) is 10.0 Å². The highest BCUT2D eigenvalue weighted by atomic mass is 35.5. The molecule has 0 saturated heterocycles. The minimum atomic E-state index is -4.08. The summed E-state index contributed by atoms with van der Waals surface area (Å²) in [6.07, 6.45) is 1.37. The second-order valence-corrected chi connectivity index (χ2v) is 9.63. The number of benzene rings is 3. The molecule has 0 aromatic heterocycles. The Bertz CT molecular complexity index is 1300. The molecule has 0 aliphatic carbocycles. The van der Waals surface area contributed by atoms with Crippen molar-refractivity contribution in [2.24, 2.45) is 5.10 Å². The average molecular weight is 520 g/mol. The Morgan fingerprint density at radius 3 is 2.37 bits per heavy atom. The van der Waals surface area contributed by atoms with Crippen molar-refractivity contribution in [2.45, 2.75) is 11.4 Å². The lowest BCUT2D eigenvalue weighted by atomic mass is 10.2. The summed E-state index contributed by atoms with van der Waals surface area (Å²) in [5, 5.41) is 4.28. The molecule has 1 N–H and O–H groups in total. The molecule has 3 rings (SSSR count). The first-order valence-electron chi connectivity index (χ1n) is 10.3. The van der Waals surface area contributed by atoms with Gasteiger partial charge in [0, 0.05) is 23.2 Å². The largest absolute Gasteiger partial charge is 0.497 e. The molecule has 3 aromatic carbocycles. The minimum Gasteiger partial charge on any atom is -0.497 e. The Kier molecular flexibility index (Phi) is 8.80. The van der Waals surface area contributed by atoms with Crippen molar-refractivity contribution >= 4 is 33.7 Å². The molecule has 0 aliphatic rings. The first-order valence-corrected chi connectivity index (χ1v) is 12.1. The predicted octanol–water partition coefficient (Wildman–Crippen LogP) is 3.84. The molecule has 8 nitrogen and oxygen atoms in total. The molecular formula is C24H23ClFN3O5S. The van der Waals surface area contributed by atoms with E-state index in [0.717, 1.165) is 4.31 Å². The number of ether oxygens (including phenoxy) is 2. The van der Waals surface area contributed by atoms with Crippen LogP contribution in [0.4, 0.5) is 4.39 Å². The van der Waals surface area contributed by atoms with Crippen LogP contribution in [0, 0.1) is 5.82 Å². The van der Waals surface area contributed by atoms with E-state index in [2.05, 4.69) is 10.5 Å². The number of sulfonamides is 1. The lowest BCUT2D eigenvalue weighted by Gasteiger charge is -2.21. The monoisotopic (exact) mass is 519 g/mol. The van der Waals surface area contributed by atoms with Gasteiger partial charge in [-0.05, 0) is 54.1 Å². The van der Waals surface area contributed by atoms with Gasteiger partial charge in [-0.15, -0.1) is 0 Å². The number of amides is 1. The fraction of sp³-hybridized carbons (Fsp3) is 0.167. The molecule has 0 aliphatic heterocycles. The molecule has 3 aromatic rings. The van der Waals surface area contributed by atoms with E-state index in [1.165, 1.54) is 69.0 Å². The van der Waals surface area contributed by atoms with Crippen molar-refractivity contribution in [3.8, 4) is 11.5 Å². The molecular weight excluding hydrogens is 497 g/mol. The fourth-order valence-corrected chi connectivity index (χ4v) is 4.58. The summed E-state index contributed by atoms with van der Waals surface area (Å²) in [5.41, 5.74) is 3.40. The van der Waals surface area contributed by atoms with E-state index >= 15 is 0 Å². The third kappa shape index (κ3) is 7.01. The smallest absolute Gasteiger partial charge is 0.255 e. The van der Waals surface area contributed by atoms with Crippen LogP contribution in [-0.2, 0) is 21.4 Å². The van der Waals surface area contributed by atoms with Gasteiger partial charge in [-0.3, -0.25) is 4.79 Å². The van der Waals surface area contributed by atoms with Gasteiger partial charge >= 0.3 is 0 Å². The van der Waals surface area contributed by atoms with Gasteiger partial charge in [0.25, 0.3) is 5.91 Å². The second kappa shape index (κ2) is 11.8. The van der Waals surface area contributed by atoms with E-state index in [-0.39, 0.29) is 11.4 Å². The lowest BCUT2D eigenvalue weighted by Crippen LogP contribution is -2.39. The zero-order valence-corrected chi connectivity index (χ0v) is 20.5. The summed E-state index contributed by atoms with van der Waals surface area (Å²) in [6.45, 7) is -0.686. The van der Waals surface area contributed by atoms with Crippen molar-refractivity contribution in [3.05, 3.63) is 88.7 Å². The van der Waals surface area contributed by atoms with Crippen molar-refractivity contribution in [3.63, 3.8) is 0 Å². The van der Waals surface area contributed by atoms with Crippen molar-refractivity contribution in [1.82, 2.24) is 9.73 Å². The third-order valence-corrected chi connectivity index (χ3v) is 6.93. The van der Waals surface area contributed by atoms with Crippen LogP contribution >= 0.6 is 11.6 Å². The molecule has 0 saturated carbocycles. The topological polar surface area (TPSA) is 97.3 Å². The van der Waals surface area contributed by atoms with Gasteiger partial charge in [-0.2, -0.15) is 9.41 Å². The Balaban J connectivity index is 1.79. The molecule has 0 radical (unpaired) electrons. The molecule has 11 heteroatoms. The molecule has 0 spiro atoms. The quantitative estimate of drug-likeness (QED) is 0.324. The van der Waals surface area contributed by atoms with Crippen LogP contribution in [0.25, 0.3) is 0 Å². The Morgan fingerprint density at radius 1 is 1.06 bits per heavy atom. The van der Waals surface area contributed by atoms with Crippen molar-refractivity contribution in [1.29, 1.82) is 0 Å². The van der Waals surface area contributed by atoms with Gasteiger partial charge in [0.15, 0.2) is 0 Å². The number of carbonyl (C=O) groups excluding carboxylic acids is 1. The number of nitrogens with one attached hydrogen (secondary N) is 1. The zero-order valence-electron chi connectivity index (χ0n) is 18.9. The zero-order chi connectivity index (χ0) is 25.4. The number of nitrogens with zero attached hydrogens (tertiary/aromatic N) is 2. The molecule has 0 bridgehead atoms. The molecule has 1 amide bonds. The molecule has 0 atom stereocenters. The standard InChI is InChI=1S/C24H23ClFN3O5S/c1-33-21-10-5-18(23(13-21)34-2)14-27-28-24(30)16-29(15-17-3-8-20(26)9-4-17)35(31,32)22-11-6-19(25)7-12-22/h3-14H,15-16H2,1-2H3,(H,28,30)/b27-14-. The summed E-state index contributed by atoms with van der Waals surface area (Å²) in [6, 6.07) is 16.0. The van der Waals surface area contributed by atoms with Crippen LogP contribution in [0.15, 0.2) is 76.7 Å². The fourth-order valence-electron chi connectivity index (χ4n) is 3.07. The number of hydrogen-bond acceptors (Lipinski definition) is 6. The van der Waals surface area contributed by atoms with E-state index in [1.807, 2.05) is 0 Å². The third-order valence-electron chi connectivity index (χ3n) is 4.88. The van der Waals surface area contributed by atoms with E-state index in [9.17, 15) is 17.6 Å². The van der Waals surface area contributed by atoms with Crippen LogP contribution in [0.5, 0.6) is 11.5 Å². The number of methoxy groups -OCH3 is 2. The maximum Gasteiger partial charge on any atom is 0.255 e. The van der Waals surface area contributed by atoms with Crippen LogP contribution in [0.1, 0.15) is 11.1 Å². The average Bonchev–Trinajstić information content (AvgIpc) is 2.85. The summed E-state index contributed by atoms with van der Waals surface area (Å²) in [7, 11) is -1.07. The number of hydrazone groups is 1. The Hall–Kier alpha value is -3.47. The summed E-state index contributed by atoms with van der Waals surface area (Å²) in [4.78, 5) is 12.6. The summed E-state index contributed by atoms with van der Waals surface area (Å²) >= 11 is 5.88. The SMILES string of the molecule is COc1ccc(/C=N\NC(=O)CN(Cc2ccc(F)cc2)S(=O)(=O)c2ccc(Cl)cc2)c(OC)c1. The van der Waals surface area contributed by atoms with Gasteiger partial charge in [-0.25, -0.2) is 18.2 Å². The van der Waals surface area contributed by atoms with E-state index < -0.39 is 28.3 Å². The number of hydrogen-bond donors (Lipinski definition) is 1. The van der Waals surface area contributed by atoms with E-state index in [4.69, 9.17) is 21.1 Å². The number of rotatable bonds is 10. The first-order chi connectivity index (χ1) is 16.7. The maximum atomic E-state index is 13.3. The van der Waals surface area contributed by atoms with Gasteiger partial charge < -0.3 is 9.47 Å². The van der Waals surface area contributed by atoms with Crippen LogP contribution in [0.3, 0.4) is 0 Å². The molecule has 0 fully saturated rings. The van der Waals surface area contributed by atoms with E-state index in [0.29, 0.717) is 27.6 Å². The molecule has 184 valence electrons. The molecule has 35 heavy (non-hydrogen) atoms. The highest BCUT2D eigenvalue weighted by Gasteiger charge is 2.27. The molecule has 0 heterocycles. The number of carbonyl (C=O) groups is 1. The van der Waals surface area contributed by atoms with Crippen molar-refractivity contribution < 1.29 is 27.1 Å². The highest BCUT2D eigenvalue weighted by molar-refractivity contribution is 7.89. The Morgan fingerprint density at radius 2 is 1.74 bits per heavy atom. The second-order valence-electron chi connectivity index (χ2n) is 7.25. The normalized spacial score (nSPS) is 11.6. The summed E-state index contributed by atoms with van der Waals surface area (Å²) in [5.74, 6) is -0.0623.